The molecule has 0 aliphatic carbocycles. The summed E-state index contributed by atoms with van der Waals surface area (Å²) in [6.07, 6.45) is 0.972. The lowest BCUT2D eigenvalue weighted by molar-refractivity contribution is -0.120. The minimum absolute atomic E-state index is 0.0631. The Kier molecular flexibility index (Phi) is 6.03. The summed E-state index contributed by atoms with van der Waals surface area (Å²) in [5, 5.41) is 6.00. The van der Waals surface area contributed by atoms with Crippen LogP contribution in [0.5, 0.6) is 0 Å². The van der Waals surface area contributed by atoms with Crippen LogP contribution in [0.2, 0.25) is 0 Å². The smallest absolute Gasteiger partial charge is 0.233 e. The lowest BCUT2D eigenvalue weighted by atomic mass is 9.87. The van der Waals surface area contributed by atoms with Crippen LogP contribution in [0, 0.1) is 0 Å². The Morgan fingerprint density at radius 3 is 2.32 bits per heavy atom. The SMILES string of the molecule is CCCNC(=O)CNCc1ccc(C(C)(C)C)cc1. The van der Waals surface area contributed by atoms with Crippen LogP contribution in [0.25, 0.3) is 0 Å². The minimum Gasteiger partial charge on any atom is -0.355 e. The van der Waals surface area contributed by atoms with Crippen molar-refractivity contribution in [2.75, 3.05) is 13.1 Å². The third-order valence-electron chi connectivity index (χ3n) is 3.01. The van der Waals surface area contributed by atoms with Crippen molar-refractivity contribution in [2.24, 2.45) is 0 Å². The van der Waals surface area contributed by atoms with Gasteiger partial charge in [-0.1, -0.05) is 52.0 Å². The molecule has 0 fully saturated rings. The molecule has 1 aromatic rings. The topological polar surface area (TPSA) is 41.1 Å². The molecule has 3 nitrogen and oxygen atoms in total. The van der Waals surface area contributed by atoms with Crippen molar-refractivity contribution in [1.29, 1.82) is 0 Å². The van der Waals surface area contributed by atoms with Crippen molar-refractivity contribution in [3.63, 3.8) is 0 Å². The number of rotatable bonds is 6. The van der Waals surface area contributed by atoms with Gasteiger partial charge in [0.15, 0.2) is 0 Å². The van der Waals surface area contributed by atoms with Crippen LogP contribution < -0.4 is 10.6 Å². The van der Waals surface area contributed by atoms with E-state index < -0.39 is 0 Å². The van der Waals surface area contributed by atoms with Gasteiger partial charge in [0.1, 0.15) is 0 Å². The Bertz CT molecular complexity index is 390. The second-order valence-corrected chi connectivity index (χ2v) is 5.90. The molecule has 2 N–H and O–H groups in total. The fraction of sp³-hybridized carbons (Fsp3) is 0.562. The zero-order valence-electron chi connectivity index (χ0n) is 12.5. The fourth-order valence-electron chi connectivity index (χ4n) is 1.77. The predicted octanol–water partition coefficient (Wildman–Crippen LogP) is 2.60. The highest BCUT2D eigenvalue weighted by Crippen LogP contribution is 2.21. The number of benzene rings is 1. The average Bonchev–Trinajstić information content (AvgIpc) is 2.36. The van der Waals surface area contributed by atoms with Gasteiger partial charge >= 0.3 is 0 Å². The minimum atomic E-state index is 0.0631. The van der Waals surface area contributed by atoms with Gasteiger partial charge in [-0.05, 0) is 23.0 Å². The molecule has 1 rings (SSSR count). The zero-order chi connectivity index (χ0) is 14.3. The molecule has 19 heavy (non-hydrogen) atoms. The molecule has 0 unspecified atom stereocenters. The number of carbonyl (C=O) groups is 1. The molecule has 0 saturated carbocycles. The van der Waals surface area contributed by atoms with Crippen molar-refractivity contribution in [1.82, 2.24) is 10.6 Å². The van der Waals surface area contributed by atoms with Gasteiger partial charge in [0.25, 0.3) is 0 Å². The lowest BCUT2D eigenvalue weighted by Crippen LogP contribution is -2.33. The molecule has 0 saturated heterocycles. The summed E-state index contributed by atoms with van der Waals surface area (Å²) in [6, 6.07) is 8.57. The van der Waals surface area contributed by atoms with E-state index in [1.54, 1.807) is 0 Å². The highest BCUT2D eigenvalue weighted by molar-refractivity contribution is 5.77. The van der Waals surface area contributed by atoms with Gasteiger partial charge in [0.2, 0.25) is 5.91 Å². The average molecular weight is 262 g/mol. The molecular formula is C16H26N2O. The highest BCUT2D eigenvalue weighted by Gasteiger charge is 2.12. The predicted molar refractivity (Wildman–Crippen MR) is 80.1 cm³/mol. The monoisotopic (exact) mass is 262 g/mol. The van der Waals surface area contributed by atoms with Gasteiger partial charge in [0.05, 0.1) is 6.54 Å². The van der Waals surface area contributed by atoms with Crippen LogP contribution in [0.4, 0.5) is 0 Å². The summed E-state index contributed by atoms with van der Waals surface area (Å²) in [6.45, 7) is 10.5. The Balaban J connectivity index is 2.36. The summed E-state index contributed by atoms with van der Waals surface area (Å²) >= 11 is 0. The van der Waals surface area contributed by atoms with Gasteiger partial charge < -0.3 is 10.6 Å². The molecule has 0 atom stereocenters. The van der Waals surface area contributed by atoms with E-state index in [9.17, 15) is 4.79 Å². The molecule has 106 valence electrons. The molecule has 3 heteroatoms. The van der Waals surface area contributed by atoms with Crippen molar-refractivity contribution in [2.45, 2.75) is 46.1 Å². The fourth-order valence-corrected chi connectivity index (χ4v) is 1.77. The van der Waals surface area contributed by atoms with Crippen molar-refractivity contribution in [3.8, 4) is 0 Å². The van der Waals surface area contributed by atoms with Crippen LogP contribution >= 0.6 is 0 Å². The first-order valence-electron chi connectivity index (χ1n) is 7.00. The maximum Gasteiger partial charge on any atom is 0.233 e. The molecule has 0 aliphatic rings. The summed E-state index contributed by atoms with van der Waals surface area (Å²) in [5.74, 6) is 0.0631. The maximum atomic E-state index is 11.4. The number of hydrogen-bond donors (Lipinski definition) is 2. The van der Waals surface area contributed by atoms with Gasteiger partial charge in [-0.2, -0.15) is 0 Å². The molecular weight excluding hydrogens is 236 g/mol. The second-order valence-electron chi connectivity index (χ2n) is 5.90. The standard InChI is InChI=1S/C16H26N2O/c1-5-10-18-15(19)12-17-11-13-6-8-14(9-7-13)16(2,3)4/h6-9,17H,5,10-12H2,1-4H3,(H,18,19). The molecule has 0 radical (unpaired) electrons. The Morgan fingerprint density at radius 2 is 1.79 bits per heavy atom. The van der Waals surface area contributed by atoms with Crippen molar-refractivity contribution < 1.29 is 4.79 Å². The quantitative estimate of drug-likeness (QED) is 0.827. The first-order valence-corrected chi connectivity index (χ1v) is 7.00. The second kappa shape index (κ2) is 7.29. The molecule has 0 spiro atoms. The van der Waals surface area contributed by atoms with Gasteiger partial charge in [-0.3, -0.25) is 4.79 Å². The van der Waals surface area contributed by atoms with Crippen molar-refractivity contribution in [3.05, 3.63) is 35.4 Å². The van der Waals surface area contributed by atoms with E-state index in [0.717, 1.165) is 19.5 Å². The third-order valence-corrected chi connectivity index (χ3v) is 3.01. The Labute approximate surface area is 116 Å². The van der Waals surface area contributed by atoms with E-state index in [0.29, 0.717) is 6.54 Å². The summed E-state index contributed by atoms with van der Waals surface area (Å²) in [7, 11) is 0. The molecule has 1 aromatic carbocycles. The van der Waals surface area contributed by atoms with E-state index in [-0.39, 0.29) is 11.3 Å². The van der Waals surface area contributed by atoms with Crippen LogP contribution in [0.15, 0.2) is 24.3 Å². The summed E-state index contributed by atoms with van der Waals surface area (Å²) in [4.78, 5) is 11.4. The highest BCUT2D eigenvalue weighted by atomic mass is 16.1. The van der Waals surface area contributed by atoms with Crippen LogP contribution in [0.3, 0.4) is 0 Å². The van der Waals surface area contributed by atoms with Crippen LogP contribution in [0.1, 0.15) is 45.2 Å². The maximum absolute atomic E-state index is 11.4. The number of amides is 1. The normalized spacial score (nSPS) is 11.4. The summed E-state index contributed by atoms with van der Waals surface area (Å²) < 4.78 is 0. The number of carbonyl (C=O) groups excluding carboxylic acids is 1. The lowest BCUT2D eigenvalue weighted by Gasteiger charge is -2.19. The van der Waals surface area contributed by atoms with Crippen LogP contribution in [-0.4, -0.2) is 19.0 Å². The van der Waals surface area contributed by atoms with Gasteiger partial charge in [-0.15, -0.1) is 0 Å². The van der Waals surface area contributed by atoms with E-state index in [2.05, 4.69) is 55.7 Å². The largest absolute Gasteiger partial charge is 0.355 e. The number of nitrogens with one attached hydrogen (secondary N) is 2. The molecule has 0 bridgehead atoms. The van der Waals surface area contributed by atoms with E-state index in [1.807, 2.05) is 6.92 Å². The van der Waals surface area contributed by atoms with E-state index >= 15 is 0 Å². The molecule has 0 aromatic heterocycles. The first kappa shape index (κ1) is 15.7. The first-order chi connectivity index (χ1) is 8.93. The number of hydrogen-bond acceptors (Lipinski definition) is 2. The molecule has 1 amide bonds. The van der Waals surface area contributed by atoms with Gasteiger partial charge in [-0.25, -0.2) is 0 Å². The Morgan fingerprint density at radius 1 is 1.16 bits per heavy atom. The van der Waals surface area contributed by atoms with Crippen LogP contribution in [-0.2, 0) is 16.8 Å². The molecule has 0 heterocycles. The zero-order valence-corrected chi connectivity index (χ0v) is 12.5. The van der Waals surface area contributed by atoms with Gasteiger partial charge in [0, 0.05) is 13.1 Å². The van der Waals surface area contributed by atoms with E-state index in [1.165, 1.54) is 11.1 Å². The summed E-state index contributed by atoms with van der Waals surface area (Å²) in [5.41, 5.74) is 2.72. The van der Waals surface area contributed by atoms with E-state index in [4.69, 9.17) is 0 Å². The molecule has 0 aliphatic heterocycles. The third kappa shape index (κ3) is 5.88. The van der Waals surface area contributed by atoms with Crippen molar-refractivity contribution >= 4 is 5.91 Å². The Hall–Kier alpha value is -1.35.